The lowest BCUT2D eigenvalue weighted by atomic mass is 9.97. The first kappa shape index (κ1) is 12.5. The van der Waals surface area contributed by atoms with Crippen LogP contribution in [-0.2, 0) is 17.6 Å². The Bertz CT molecular complexity index is 372. The van der Waals surface area contributed by atoms with Crippen LogP contribution in [0.3, 0.4) is 0 Å². The molecule has 2 rings (SSSR count). The summed E-state index contributed by atoms with van der Waals surface area (Å²) in [4.78, 5) is 15.9. The Morgan fingerprint density at radius 2 is 2.53 bits per heavy atom. The van der Waals surface area contributed by atoms with Gasteiger partial charge in [0.2, 0.25) is 0 Å². The lowest BCUT2D eigenvalue weighted by Crippen LogP contribution is -2.30. The molecule has 0 bridgehead atoms. The SMILES string of the molecule is O=C(O)CCc1cnc(CC2CCCNC2)s1. The van der Waals surface area contributed by atoms with E-state index in [9.17, 15) is 4.79 Å². The van der Waals surface area contributed by atoms with Gasteiger partial charge in [0.15, 0.2) is 0 Å². The maximum absolute atomic E-state index is 10.5. The number of nitrogens with zero attached hydrogens (tertiary/aromatic N) is 1. The molecule has 0 saturated carbocycles. The number of nitrogens with one attached hydrogen (secondary N) is 1. The zero-order valence-electron chi connectivity index (χ0n) is 9.82. The molecule has 1 aliphatic heterocycles. The number of aryl methyl sites for hydroxylation is 1. The number of aromatic nitrogens is 1. The van der Waals surface area contributed by atoms with Gasteiger partial charge in [-0.3, -0.25) is 4.79 Å². The Kier molecular flexibility index (Phi) is 4.50. The highest BCUT2D eigenvalue weighted by atomic mass is 32.1. The van der Waals surface area contributed by atoms with Crippen LogP contribution in [0, 0.1) is 5.92 Å². The van der Waals surface area contributed by atoms with Crippen molar-refractivity contribution < 1.29 is 9.90 Å². The summed E-state index contributed by atoms with van der Waals surface area (Å²) in [6, 6.07) is 0. The van der Waals surface area contributed by atoms with Crippen LogP contribution in [0.5, 0.6) is 0 Å². The van der Waals surface area contributed by atoms with Gasteiger partial charge in [-0.1, -0.05) is 0 Å². The van der Waals surface area contributed by atoms with E-state index in [0.717, 1.165) is 29.4 Å². The molecule has 1 aliphatic rings. The Morgan fingerprint density at radius 1 is 1.65 bits per heavy atom. The molecule has 0 radical (unpaired) electrons. The summed E-state index contributed by atoms with van der Waals surface area (Å²) in [6.45, 7) is 2.22. The average Bonchev–Trinajstić information content (AvgIpc) is 2.75. The van der Waals surface area contributed by atoms with Crippen molar-refractivity contribution in [2.45, 2.75) is 32.1 Å². The highest BCUT2D eigenvalue weighted by Gasteiger charge is 2.15. The van der Waals surface area contributed by atoms with Gasteiger partial charge in [-0.05, 0) is 38.3 Å². The highest BCUT2D eigenvalue weighted by Crippen LogP contribution is 2.21. The molecule has 0 aliphatic carbocycles. The maximum atomic E-state index is 10.5. The molecule has 1 saturated heterocycles. The van der Waals surface area contributed by atoms with Crippen LogP contribution >= 0.6 is 11.3 Å². The summed E-state index contributed by atoms with van der Waals surface area (Å²) >= 11 is 1.67. The molecule has 0 spiro atoms. The smallest absolute Gasteiger partial charge is 0.303 e. The van der Waals surface area contributed by atoms with Crippen molar-refractivity contribution in [3.05, 3.63) is 16.1 Å². The molecule has 1 fully saturated rings. The van der Waals surface area contributed by atoms with Crippen LogP contribution in [0.1, 0.15) is 29.1 Å². The minimum Gasteiger partial charge on any atom is -0.481 e. The fourth-order valence-electron chi connectivity index (χ4n) is 2.13. The molecule has 2 heterocycles. The normalized spacial score (nSPS) is 20.4. The second kappa shape index (κ2) is 6.12. The van der Waals surface area contributed by atoms with E-state index in [2.05, 4.69) is 10.3 Å². The van der Waals surface area contributed by atoms with Crippen LogP contribution < -0.4 is 5.32 Å². The van der Waals surface area contributed by atoms with E-state index in [0.29, 0.717) is 12.3 Å². The molecular formula is C12H18N2O2S. The fourth-order valence-corrected chi connectivity index (χ4v) is 3.17. The third-order valence-corrected chi connectivity index (χ3v) is 4.13. The molecule has 1 unspecified atom stereocenters. The lowest BCUT2D eigenvalue weighted by Gasteiger charge is -2.21. The molecule has 0 amide bonds. The van der Waals surface area contributed by atoms with E-state index >= 15 is 0 Å². The Morgan fingerprint density at radius 3 is 3.24 bits per heavy atom. The van der Waals surface area contributed by atoms with E-state index in [1.54, 1.807) is 11.3 Å². The van der Waals surface area contributed by atoms with E-state index in [4.69, 9.17) is 5.11 Å². The van der Waals surface area contributed by atoms with Crippen molar-refractivity contribution in [2.75, 3.05) is 13.1 Å². The average molecular weight is 254 g/mol. The first-order valence-electron chi connectivity index (χ1n) is 6.10. The van der Waals surface area contributed by atoms with E-state index < -0.39 is 5.97 Å². The molecule has 1 atom stereocenters. The second-order valence-electron chi connectivity index (χ2n) is 4.53. The number of carbonyl (C=O) groups is 1. The molecule has 17 heavy (non-hydrogen) atoms. The summed E-state index contributed by atoms with van der Waals surface area (Å²) in [6.07, 6.45) is 6.20. The number of hydrogen-bond acceptors (Lipinski definition) is 4. The highest BCUT2D eigenvalue weighted by molar-refractivity contribution is 7.11. The standard InChI is InChI=1S/C12H18N2O2S/c15-12(16)4-3-10-8-14-11(17-10)6-9-2-1-5-13-7-9/h8-9,13H,1-7H2,(H,15,16). The predicted molar refractivity (Wildman–Crippen MR) is 67.4 cm³/mol. The van der Waals surface area contributed by atoms with Crippen LogP contribution in [0.4, 0.5) is 0 Å². The quantitative estimate of drug-likeness (QED) is 0.839. The van der Waals surface area contributed by atoms with Crippen molar-refractivity contribution in [3.8, 4) is 0 Å². The van der Waals surface area contributed by atoms with E-state index in [1.807, 2.05) is 6.20 Å². The molecule has 0 aromatic carbocycles. The predicted octanol–water partition coefficient (Wildman–Crippen LogP) is 1.70. The summed E-state index contributed by atoms with van der Waals surface area (Å²) < 4.78 is 0. The second-order valence-corrected chi connectivity index (χ2v) is 5.73. The molecule has 4 nitrogen and oxygen atoms in total. The van der Waals surface area contributed by atoms with Gasteiger partial charge in [0.1, 0.15) is 0 Å². The third-order valence-electron chi connectivity index (χ3n) is 3.05. The summed E-state index contributed by atoms with van der Waals surface area (Å²) in [5.74, 6) is -0.0429. The van der Waals surface area contributed by atoms with Gasteiger partial charge in [0.25, 0.3) is 0 Å². The van der Waals surface area contributed by atoms with E-state index in [1.165, 1.54) is 12.8 Å². The van der Waals surface area contributed by atoms with Gasteiger partial charge >= 0.3 is 5.97 Å². The van der Waals surface area contributed by atoms with Crippen LogP contribution in [-0.4, -0.2) is 29.1 Å². The minimum absolute atomic E-state index is 0.201. The van der Waals surface area contributed by atoms with Gasteiger partial charge < -0.3 is 10.4 Å². The van der Waals surface area contributed by atoms with Crippen molar-refractivity contribution in [3.63, 3.8) is 0 Å². The zero-order chi connectivity index (χ0) is 12.1. The molecule has 94 valence electrons. The van der Waals surface area contributed by atoms with Gasteiger partial charge in [0, 0.05) is 17.5 Å². The minimum atomic E-state index is -0.739. The number of hydrogen-bond donors (Lipinski definition) is 2. The van der Waals surface area contributed by atoms with E-state index in [-0.39, 0.29) is 6.42 Å². The summed E-state index contributed by atoms with van der Waals surface area (Å²) in [5.41, 5.74) is 0. The summed E-state index contributed by atoms with van der Waals surface area (Å²) in [5, 5.41) is 13.2. The number of carboxylic acids is 1. The van der Waals surface area contributed by atoms with Gasteiger partial charge in [-0.15, -0.1) is 11.3 Å². The van der Waals surface area contributed by atoms with Gasteiger partial charge in [0.05, 0.1) is 11.4 Å². The first-order chi connectivity index (χ1) is 8.24. The topological polar surface area (TPSA) is 62.2 Å². The molecule has 2 N–H and O–H groups in total. The molecule has 1 aromatic heterocycles. The Hall–Kier alpha value is -0.940. The van der Waals surface area contributed by atoms with Crippen molar-refractivity contribution in [1.29, 1.82) is 0 Å². The number of rotatable bonds is 5. The Labute approximate surface area is 105 Å². The van der Waals surface area contributed by atoms with Crippen LogP contribution in [0.15, 0.2) is 6.20 Å². The molecular weight excluding hydrogens is 236 g/mol. The van der Waals surface area contributed by atoms with Gasteiger partial charge in [-0.25, -0.2) is 4.98 Å². The number of thiazole rings is 1. The van der Waals surface area contributed by atoms with Crippen molar-refractivity contribution >= 4 is 17.3 Å². The monoisotopic (exact) mass is 254 g/mol. The number of piperidine rings is 1. The summed E-state index contributed by atoms with van der Waals surface area (Å²) in [7, 11) is 0. The largest absolute Gasteiger partial charge is 0.481 e. The van der Waals surface area contributed by atoms with Crippen LogP contribution in [0.2, 0.25) is 0 Å². The maximum Gasteiger partial charge on any atom is 0.303 e. The fraction of sp³-hybridized carbons (Fsp3) is 0.667. The molecule has 1 aromatic rings. The number of aliphatic carboxylic acids is 1. The van der Waals surface area contributed by atoms with Gasteiger partial charge in [-0.2, -0.15) is 0 Å². The molecule has 5 heteroatoms. The van der Waals surface area contributed by atoms with Crippen molar-refractivity contribution in [1.82, 2.24) is 10.3 Å². The third kappa shape index (κ3) is 4.09. The first-order valence-corrected chi connectivity index (χ1v) is 6.92. The number of carboxylic acid groups (broad SMARTS) is 1. The Balaban J connectivity index is 1.82. The van der Waals surface area contributed by atoms with Crippen LogP contribution in [0.25, 0.3) is 0 Å². The van der Waals surface area contributed by atoms with Crippen molar-refractivity contribution in [2.24, 2.45) is 5.92 Å². The lowest BCUT2D eigenvalue weighted by molar-refractivity contribution is -0.136. The zero-order valence-corrected chi connectivity index (χ0v) is 10.6.